The molecule has 68 valence electrons. The molecule has 5 nitrogen and oxygen atoms in total. The van der Waals surface area contributed by atoms with E-state index in [-0.39, 0.29) is 17.9 Å². The molecule has 6 heteroatoms. The standard InChI is InChI=1S/C6H8O5S/c7-4(8)1-2-6(12)11-3-5(9)10/h1-3H2,(H,7,8)(H,9,10). The number of carbonyl (C=O) groups is 2. The maximum atomic E-state index is 10.0. The van der Waals surface area contributed by atoms with Crippen LogP contribution in [0.5, 0.6) is 0 Å². The van der Waals surface area contributed by atoms with Crippen LogP contribution < -0.4 is 0 Å². The average Bonchev–Trinajstić information content (AvgIpc) is 1.96. The van der Waals surface area contributed by atoms with Gasteiger partial charge in [-0.2, -0.15) is 0 Å². The molecule has 0 aliphatic carbocycles. The van der Waals surface area contributed by atoms with Gasteiger partial charge in [0.2, 0.25) is 0 Å². The molecule has 0 rings (SSSR count). The summed E-state index contributed by atoms with van der Waals surface area (Å²) < 4.78 is 4.52. The number of carboxylic acids is 2. The van der Waals surface area contributed by atoms with Crippen LogP contribution in [0.1, 0.15) is 12.8 Å². The minimum Gasteiger partial charge on any atom is -0.481 e. The fourth-order valence-electron chi connectivity index (χ4n) is 0.423. The third-order valence-corrected chi connectivity index (χ3v) is 1.22. The van der Waals surface area contributed by atoms with Crippen LogP contribution in [0.2, 0.25) is 0 Å². The normalized spacial score (nSPS) is 9.00. The third-order valence-electron chi connectivity index (χ3n) is 0.900. The van der Waals surface area contributed by atoms with Gasteiger partial charge < -0.3 is 14.9 Å². The Morgan fingerprint density at radius 2 is 1.75 bits per heavy atom. The van der Waals surface area contributed by atoms with Crippen molar-refractivity contribution in [1.29, 1.82) is 0 Å². The number of hydrogen-bond donors (Lipinski definition) is 2. The van der Waals surface area contributed by atoms with Gasteiger partial charge in [0.05, 0.1) is 6.42 Å². The summed E-state index contributed by atoms with van der Waals surface area (Å²) in [5, 5.41) is 16.4. The average molecular weight is 192 g/mol. The van der Waals surface area contributed by atoms with Gasteiger partial charge in [0.1, 0.15) is 0 Å². The first kappa shape index (κ1) is 10.8. The van der Waals surface area contributed by atoms with Gasteiger partial charge in [-0.15, -0.1) is 0 Å². The highest BCUT2D eigenvalue weighted by atomic mass is 32.1. The Balaban J connectivity index is 3.47. The highest BCUT2D eigenvalue weighted by Crippen LogP contribution is 1.95. The first-order chi connectivity index (χ1) is 5.52. The van der Waals surface area contributed by atoms with E-state index in [0.29, 0.717) is 0 Å². The van der Waals surface area contributed by atoms with Crippen LogP contribution in [0.4, 0.5) is 0 Å². The molecule has 0 aliphatic heterocycles. The van der Waals surface area contributed by atoms with Crippen molar-refractivity contribution in [3.63, 3.8) is 0 Å². The van der Waals surface area contributed by atoms with Crippen LogP contribution in [-0.2, 0) is 14.3 Å². The topological polar surface area (TPSA) is 83.8 Å². The predicted octanol–water partition coefficient (Wildman–Crippen LogP) is 0.280. The molecule has 0 aromatic rings. The number of carboxylic acid groups (broad SMARTS) is 2. The fourth-order valence-corrected chi connectivity index (χ4v) is 0.584. The Morgan fingerprint density at radius 1 is 1.17 bits per heavy atom. The summed E-state index contributed by atoms with van der Waals surface area (Å²) in [6, 6.07) is 0. The molecule has 0 radical (unpaired) electrons. The predicted molar refractivity (Wildman–Crippen MR) is 43.1 cm³/mol. The molecule has 0 aromatic carbocycles. The second-order valence-electron chi connectivity index (χ2n) is 1.95. The van der Waals surface area contributed by atoms with Gasteiger partial charge in [0, 0.05) is 6.42 Å². The molecule has 0 bridgehead atoms. The number of rotatable bonds is 5. The van der Waals surface area contributed by atoms with Gasteiger partial charge in [0.15, 0.2) is 11.7 Å². The first-order valence-electron chi connectivity index (χ1n) is 3.11. The lowest BCUT2D eigenvalue weighted by Crippen LogP contribution is -2.12. The Morgan fingerprint density at radius 3 is 2.17 bits per heavy atom. The number of hydrogen-bond acceptors (Lipinski definition) is 4. The largest absolute Gasteiger partial charge is 0.481 e. The minimum atomic E-state index is -1.13. The Kier molecular flexibility index (Phi) is 4.94. The van der Waals surface area contributed by atoms with Gasteiger partial charge >= 0.3 is 11.9 Å². The molecule has 0 atom stereocenters. The molecule has 12 heavy (non-hydrogen) atoms. The molecule has 2 N–H and O–H groups in total. The van der Waals surface area contributed by atoms with Crippen molar-refractivity contribution in [2.24, 2.45) is 0 Å². The molecule has 0 amide bonds. The summed E-state index contributed by atoms with van der Waals surface area (Å²) in [6.07, 6.45) is -0.0730. The molecule has 0 aliphatic rings. The van der Waals surface area contributed by atoms with Crippen LogP contribution in [0.15, 0.2) is 0 Å². The van der Waals surface area contributed by atoms with Crippen molar-refractivity contribution >= 4 is 29.2 Å². The summed E-state index contributed by atoms with van der Waals surface area (Å²) in [5.74, 6) is -2.12. The number of aliphatic carboxylic acids is 2. The van der Waals surface area contributed by atoms with Gasteiger partial charge in [-0.05, 0) is 12.2 Å². The molecule has 0 fully saturated rings. The highest BCUT2D eigenvalue weighted by Gasteiger charge is 2.04. The van der Waals surface area contributed by atoms with Crippen molar-refractivity contribution in [1.82, 2.24) is 0 Å². The SMILES string of the molecule is O=C(O)CCC(=S)OCC(=O)O. The van der Waals surface area contributed by atoms with E-state index in [0.717, 1.165) is 0 Å². The van der Waals surface area contributed by atoms with Gasteiger partial charge in [-0.25, -0.2) is 4.79 Å². The van der Waals surface area contributed by atoms with Crippen LogP contribution in [0.25, 0.3) is 0 Å². The van der Waals surface area contributed by atoms with Crippen molar-refractivity contribution in [3.8, 4) is 0 Å². The quantitative estimate of drug-likeness (QED) is 0.609. The lowest BCUT2D eigenvalue weighted by atomic mass is 10.3. The van der Waals surface area contributed by atoms with E-state index in [9.17, 15) is 9.59 Å². The zero-order valence-electron chi connectivity index (χ0n) is 6.15. The number of ether oxygens (including phenoxy) is 1. The van der Waals surface area contributed by atoms with Crippen LogP contribution in [0, 0.1) is 0 Å². The molecule has 0 saturated heterocycles. The van der Waals surface area contributed by atoms with E-state index in [2.05, 4.69) is 17.0 Å². The maximum Gasteiger partial charge on any atom is 0.341 e. The van der Waals surface area contributed by atoms with Crippen LogP contribution in [0.3, 0.4) is 0 Å². The van der Waals surface area contributed by atoms with Crippen molar-refractivity contribution < 1.29 is 24.5 Å². The van der Waals surface area contributed by atoms with E-state index in [1.54, 1.807) is 0 Å². The zero-order chi connectivity index (χ0) is 9.56. The highest BCUT2D eigenvalue weighted by molar-refractivity contribution is 7.80. The van der Waals surface area contributed by atoms with E-state index < -0.39 is 18.5 Å². The maximum absolute atomic E-state index is 10.0. The molecular weight excluding hydrogens is 184 g/mol. The fraction of sp³-hybridized carbons (Fsp3) is 0.500. The summed E-state index contributed by atoms with van der Waals surface area (Å²) in [5.41, 5.74) is 0. The van der Waals surface area contributed by atoms with E-state index in [4.69, 9.17) is 10.2 Å². The summed E-state index contributed by atoms with van der Waals surface area (Å²) >= 11 is 4.54. The molecule has 0 saturated carbocycles. The van der Waals surface area contributed by atoms with Crippen LogP contribution >= 0.6 is 12.2 Å². The molecule has 0 heterocycles. The Hall–Kier alpha value is -1.17. The van der Waals surface area contributed by atoms with E-state index >= 15 is 0 Å². The van der Waals surface area contributed by atoms with Crippen molar-refractivity contribution in [2.45, 2.75) is 12.8 Å². The number of thiocarbonyl (C=S) groups is 1. The third kappa shape index (κ3) is 6.94. The summed E-state index contributed by atoms with van der Waals surface area (Å²) in [7, 11) is 0. The zero-order valence-corrected chi connectivity index (χ0v) is 6.97. The second-order valence-corrected chi connectivity index (χ2v) is 2.40. The summed E-state index contributed by atoms with van der Waals surface area (Å²) in [6.45, 7) is -0.515. The molecular formula is C6H8O5S. The summed E-state index contributed by atoms with van der Waals surface area (Å²) in [4.78, 5) is 20.0. The minimum absolute atomic E-state index is 0.0137. The van der Waals surface area contributed by atoms with Gasteiger partial charge in [-0.1, -0.05) is 0 Å². The van der Waals surface area contributed by atoms with Gasteiger partial charge in [-0.3, -0.25) is 4.79 Å². The van der Waals surface area contributed by atoms with Crippen LogP contribution in [-0.4, -0.2) is 33.8 Å². The Labute approximate surface area is 73.9 Å². The van der Waals surface area contributed by atoms with Gasteiger partial charge in [0.25, 0.3) is 0 Å². The second kappa shape index (κ2) is 5.48. The molecule has 0 aromatic heterocycles. The van der Waals surface area contributed by atoms with E-state index in [1.807, 2.05) is 0 Å². The molecule has 0 spiro atoms. The monoisotopic (exact) mass is 192 g/mol. The Bertz CT molecular complexity index is 180. The van der Waals surface area contributed by atoms with Crippen molar-refractivity contribution in [2.75, 3.05) is 6.61 Å². The van der Waals surface area contributed by atoms with E-state index in [1.165, 1.54) is 0 Å². The first-order valence-corrected chi connectivity index (χ1v) is 3.52. The smallest absolute Gasteiger partial charge is 0.341 e. The lowest BCUT2D eigenvalue weighted by molar-refractivity contribution is -0.139. The van der Waals surface area contributed by atoms with Crippen molar-refractivity contribution in [3.05, 3.63) is 0 Å². The molecule has 0 unspecified atom stereocenters. The lowest BCUT2D eigenvalue weighted by Gasteiger charge is -2.01.